The first kappa shape index (κ1) is 21.0. The highest BCUT2D eigenvalue weighted by atomic mass is 16.2. The largest absolute Gasteiger partial charge is 0.351 e. The van der Waals surface area contributed by atoms with Gasteiger partial charge < -0.3 is 15.2 Å². The van der Waals surface area contributed by atoms with Crippen molar-refractivity contribution in [3.8, 4) is 0 Å². The van der Waals surface area contributed by atoms with Crippen molar-refractivity contribution in [2.75, 3.05) is 19.6 Å². The molecular formula is C24H29N5O2. The second kappa shape index (κ2) is 9.73. The number of hydrogen-bond donors (Lipinski definition) is 2. The lowest BCUT2D eigenvalue weighted by Gasteiger charge is -2.32. The molecule has 3 aromatic rings. The third-order valence-electron chi connectivity index (χ3n) is 6.13. The average Bonchev–Trinajstić information content (AvgIpc) is 3.23. The Bertz CT molecular complexity index is 1020. The van der Waals surface area contributed by atoms with Gasteiger partial charge in [-0.25, -0.2) is 0 Å². The number of nitrogens with zero attached hydrogens (tertiary/aromatic N) is 3. The second-order valence-electron chi connectivity index (χ2n) is 8.27. The number of aromatic amines is 1. The summed E-state index contributed by atoms with van der Waals surface area (Å²) in [7, 11) is 0. The fourth-order valence-corrected chi connectivity index (χ4v) is 4.26. The molecule has 0 spiro atoms. The fraction of sp³-hybridized carbons (Fsp3) is 0.417. The van der Waals surface area contributed by atoms with Crippen molar-refractivity contribution in [1.82, 2.24) is 25.2 Å². The summed E-state index contributed by atoms with van der Waals surface area (Å²) in [5.74, 6) is 0.671. The van der Waals surface area contributed by atoms with Crippen LogP contribution in [0.2, 0.25) is 0 Å². The third kappa shape index (κ3) is 5.10. The normalized spacial score (nSPS) is 14.7. The predicted octanol–water partition coefficient (Wildman–Crippen LogP) is 3.72. The topological polar surface area (TPSA) is 91.0 Å². The van der Waals surface area contributed by atoms with Crippen LogP contribution in [0.4, 0.5) is 0 Å². The number of fused-ring (bicyclic) bond motifs is 1. The van der Waals surface area contributed by atoms with Gasteiger partial charge in [-0.05, 0) is 56.4 Å². The number of H-pyrrole nitrogens is 1. The van der Waals surface area contributed by atoms with Crippen molar-refractivity contribution in [3.05, 3.63) is 59.8 Å². The number of piperidine rings is 1. The van der Waals surface area contributed by atoms with E-state index in [-0.39, 0.29) is 11.8 Å². The zero-order valence-corrected chi connectivity index (χ0v) is 17.9. The maximum Gasteiger partial charge on any atom is 0.267 e. The highest BCUT2D eigenvalue weighted by Gasteiger charge is 2.24. The fourth-order valence-electron chi connectivity index (χ4n) is 4.26. The van der Waals surface area contributed by atoms with Crippen molar-refractivity contribution in [3.63, 3.8) is 0 Å². The van der Waals surface area contributed by atoms with Crippen molar-refractivity contribution in [2.45, 2.75) is 39.0 Å². The summed E-state index contributed by atoms with van der Waals surface area (Å²) in [5, 5.41) is 3.93. The highest BCUT2D eigenvalue weighted by molar-refractivity contribution is 5.97. The number of rotatable bonds is 7. The van der Waals surface area contributed by atoms with E-state index in [2.05, 4.69) is 20.3 Å². The van der Waals surface area contributed by atoms with Crippen LogP contribution >= 0.6 is 0 Å². The standard InChI is InChI=1S/C24H29N5O2/c1-17-20(6-4-11-26-17)24(31)29-13-8-18(9-14-29)5-2-3-10-27-23(30)22-15-19-16-25-12-7-21(19)28-22/h4,6-7,11-12,15-16,18,28H,2-3,5,8-10,13-14H2,1H3,(H,27,30). The van der Waals surface area contributed by atoms with Gasteiger partial charge >= 0.3 is 0 Å². The quantitative estimate of drug-likeness (QED) is 0.571. The zero-order chi connectivity index (χ0) is 21.6. The number of amides is 2. The van der Waals surface area contributed by atoms with Gasteiger partial charge in [-0.3, -0.25) is 19.6 Å². The van der Waals surface area contributed by atoms with Crippen LogP contribution in [0.3, 0.4) is 0 Å². The Balaban J connectivity index is 1.14. The van der Waals surface area contributed by atoms with Gasteiger partial charge in [0.2, 0.25) is 0 Å². The minimum atomic E-state index is -0.0753. The van der Waals surface area contributed by atoms with E-state index >= 15 is 0 Å². The molecule has 0 bridgehead atoms. The van der Waals surface area contributed by atoms with E-state index in [9.17, 15) is 9.59 Å². The highest BCUT2D eigenvalue weighted by Crippen LogP contribution is 2.24. The molecule has 162 valence electrons. The van der Waals surface area contributed by atoms with Crippen molar-refractivity contribution < 1.29 is 9.59 Å². The number of unbranched alkanes of at least 4 members (excludes halogenated alkanes) is 1. The van der Waals surface area contributed by atoms with Crippen LogP contribution in [0.1, 0.15) is 58.6 Å². The molecule has 0 radical (unpaired) electrons. The number of aryl methyl sites for hydroxylation is 1. The van der Waals surface area contributed by atoms with Crippen LogP contribution < -0.4 is 5.32 Å². The van der Waals surface area contributed by atoms with Crippen LogP contribution in [0.5, 0.6) is 0 Å². The Kier molecular flexibility index (Phi) is 6.60. The SMILES string of the molecule is Cc1ncccc1C(=O)N1CCC(CCCCNC(=O)c2cc3cnccc3[nH]2)CC1. The molecular weight excluding hydrogens is 390 g/mol. The van der Waals surface area contributed by atoms with Gasteiger partial charge in [0, 0.05) is 54.8 Å². The summed E-state index contributed by atoms with van der Waals surface area (Å²) in [6.45, 7) is 4.17. The molecule has 31 heavy (non-hydrogen) atoms. The summed E-state index contributed by atoms with van der Waals surface area (Å²) >= 11 is 0. The lowest BCUT2D eigenvalue weighted by molar-refractivity contribution is 0.0684. The number of likely N-dealkylation sites (tertiary alicyclic amines) is 1. The monoisotopic (exact) mass is 419 g/mol. The molecule has 0 unspecified atom stereocenters. The molecule has 7 heteroatoms. The van der Waals surface area contributed by atoms with Crippen LogP contribution in [-0.4, -0.2) is 51.3 Å². The van der Waals surface area contributed by atoms with Crippen LogP contribution in [0.25, 0.3) is 10.9 Å². The number of carbonyl (C=O) groups excluding carboxylic acids is 2. The van der Waals surface area contributed by atoms with E-state index in [1.165, 1.54) is 0 Å². The van der Waals surface area contributed by atoms with Gasteiger partial charge in [0.25, 0.3) is 11.8 Å². The van der Waals surface area contributed by atoms with Crippen molar-refractivity contribution in [1.29, 1.82) is 0 Å². The predicted molar refractivity (Wildman–Crippen MR) is 120 cm³/mol. The summed E-state index contributed by atoms with van der Waals surface area (Å²) in [6.07, 6.45) is 10.4. The summed E-state index contributed by atoms with van der Waals surface area (Å²) in [5.41, 5.74) is 3.00. The Labute approximate surface area is 182 Å². The smallest absolute Gasteiger partial charge is 0.267 e. The van der Waals surface area contributed by atoms with E-state index in [4.69, 9.17) is 0 Å². The van der Waals surface area contributed by atoms with Gasteiger partial charge in [0.15, 0.2) is 0 Å². The molecule has 0 saturated carbocycles. The molecule has 0 aliphatic carbocycles. The van der Waals surface area contributed by atoms with E-state index in [1.807, 2.05) is 36.1 Å². The first-order valence-corrected chi connectivity index (χ1v) is 11.0. The minimum absolute atomic E-state index is 0.0753. The molecule has 0 aromatic carbocycles. The number of carbonyl (C=O) groups is 2. The summed E-state index contributed by atoms with van der Waals surface area (Å²) in [6, 6.07) is 7.38. The van der Waals surface area contributed by atoms with Gasteiger partial charge in [-0.2, -0.15) is 0 Å². The maximum atomic E-state index is 12.7. The van der Waals surface area contributed by atoms with E-state index < -0.39 is 0 Å². The zero-order valence-electron chi connectivity index (χ0n) is 17.9. The molecule has 2 amide bonds. The molecule has 4 heterocycles. The molecule has 7 nitrogen and oxygen atoms in total. The third-order valence-corrected chi connectivity index (χ3v) is 6.13. The first-order chi connectivity index (χ1) is 15.1. The first-order valence-electron chi connectivity index (χ1n) is 11.0. The molecule has 1 fully saturated rings. The Morgan fingerprint density at radius 1 is 1.19 bits per heavy atom. The molecule has 0 atom stereocenters. The Morgan fingerprint density at radius 3 is 2.81 bits per heavy atom. The maximum absolute atomic E-state index is 12.7. The average molecular weight is 420 g/mol. The van der Waals surface area contributed by atoms with E-state index in [0.717, 1.165) is 61.8 Å². The van der Waals surface area contributed by atoms with Crippen LogP contribution in [-0.2, 0) is 0 Å². The van der Waals surface area contributed by atoms with Gasteiger partial charge in [0.1, 0.15) is 5.69 Å². The molecule has 4 rings (SSSR count). The molecule has 3 aromatic heterocycles. The van der Waals surface area contributed by atoms with Gasteiger partial charge in [0.05, 0.1) is 5.56 Å². The summed E-state index contributed by atoms with van der Waals surface area (Å²) in [4.78, 5) is 38.4. The number of nitrogens with one attached hydrogen (secondary N) is 2. The van der Waals surface area contributed by atoms with Crippen molar-refractivity contribution >= 4 is 22.7 Å². The van der Waals surface area contributed by atoms with Crippen LogP contribution in [0, 0.1) is 12.8 Å². The lowest BCUT2D eigenvalue weighted by atomic mass is 9.91. The Morgan fingerprint density at radius 2 is 2.03 bits per heavy atom. The number of aromatic nitrogens is 3. The van der Waals surface area contributed by atoms with Gasteiger partial charge in [-0.1, -0.05) is 12.8 Å². The van der Waals surface area contributed by atoms with Crippen LogP contribution in [0.15, 0.2) is 42.9 Å². The molecule has 2 N–H and O–H groups in total. The van der Waals surface area contributed by atoms with Crippen molar-refractivity contribution in [2.24, 2.45) is 5.92 Å². The minimum Gasteiger partial charge on any atom is -0.351 e. The summed E-state index contributed by atoms with van der Waals surface area (Å²) < 4.78 is 0. The van der Waals surface area contributed by atoms with E-state index in [1.54, 1.807) is 18.6 Å². The van der Waals surface area contributed by atoms with Gasteiger partial charge in [-0.15, -0.1) is 0 Å². The molecule has 1 saturated heterocycles. The number of hydrogen-bond acceptors (Lipinski definition) is 4. The molecule has 1 aliphatic rings. The molecule has 1 aliphatic heterocycles. The Hall–Kier alpha value is -3.22. The number of pyridine rings is 2. The lowest BCUT2D eigenvalue weighted by Crippen LogP contribution is -2.38. The van der Waals surface area contributed by atoms with E-state index in [0.29, 0.717) is 23.7 Å². The second-order valence-corrected chi connectivity index (χ2v) is 8.27.